The Kier molecular flexibility index (Phi) is 3.27. The molecule has 1 nitrogen and oxygen atoms in total. The van der Waals surface area contributed by atoms with Gasteiger partial charge in [0.2, 0.25) is 0 Å². The van der Waals surface area contributed by atoms with Crippen LogP contribution >= 0.6 is 0 Å². The first-order valence-electron chi connectivity index (χ1n) is 9.66. The van der Waals surface area contributed by atoms with Gasteiger partial charge < -0.3 is 5.11 Å². The molecule has 4 rings (SSSR count). The highest BCUT2D eigenvalue weighted by Gasteiger charge is 2.60. The lowest BCUT2D eigenvalue weighted by atomic mass is 9.43. The van der Waals surface area contributed by atoms with Gasteiger partial charge in [-0.05, 0) is 85.4 Å². The van der Waals surface area contributed by atoms with Gasteiger partial charge in [-0.15, -0.1) is 0 Å². The molecule has 1 heteroatoms. The van der Waals surface area contributed by atoms with E-state index in [4.69, 9.17) is 0 Å². The van der Waals surface area contributed by atoms with E-state index in [0.29, 0.717) is 5.41 Å². The monoisotopic (exact) mass is 290 g/mol. The summed E-state index contributed by atoms with van der Waals surface area (Å²) in [7, 11) is 0. The highest BCUT2D eigenvalue weighted by molar-refractivity contribution is 5.09. The summed E-state index contributed by atoms with van der Waals surface area (Å²) in [5.74, 6) is 4.61. The number of fused-ring (bicyclic) bond motifs is 5. The van der Waals surface area contributed by atoms with Gasteiger partial charge in [0.1, 0.15) is 0 Å². The average molecular weight is 290 g/mol. The summed E-state index contributed by atoms with van der Waals surface area (Å²) in [6, 6.07) is 0. The van der Waals surface area contributed by atoms with Gasteiger partial charge in [0.15, 0.2) is 0 Å². The first-order valence-corrected chi connectivity index (χ1v) is 9.66. The normalized spacial score (nSPS) is 60.0. The molecule has 0 aromatic heterocycles. The number of aliphatic hydroxyl groups excluding tert-OH is 1. The van der Waals surface area contributed by atoms with E-state index in [0.717, 1.165) is 36.0 Å². The molecule has 0 amide bonds. The van der Waals surface area contributed by atoms with Crippen molar-refractivity contribution in [2.45, 2.75) is 84.7 Å². The topological polar surface area (TPSA) is 20.2 Å². The summed E-state index contributed by atoms with van der Waals surface area (Å²) in [6.07, 6.45) is 12.4. The van der Waals surface area contributed by atoms with Crippen LogP contribution in [0.3, 0.4) is 0 Å². The number of hydrogen-bond donors (Lipinski definition) is 1. The zero-order chi connectivity index (χ0) is 14.8. The van der Waals surface area contributed by atoms with Gasteiger partial charge in [-0.1, -0.05) is 33.6 Å². The van der Waals surface area contributed by atoms with Crippen molar-refractivity contribution < 1.29 is 5.11 Å². The summed E-state index contributed by atoms with van der Waals surface area (Å²) < 4.78 is 0. The molecule has 120 valence electrons. The third-order valence-corrected chi connectivity index (χ3v) is 9.17. The van der Waals surface area contributed by atoms with Gasteiger partial charge in [0.05, 0.1) is 6.10 Å². The van der Waals surface area contributed by atoms with E-state index >= 15 is 0 Å². The van der Waals surface area contributed by atoms with Crippen molar-refractivity contribution in [2.24, 2.45) is 40.4 Å². The molecule has 3 unspecified atom stereocenters. The van der Waals surface area contributed by atoms with Gasteiger partial charge >= 0.3 is 0 Å². The highest BCUT2D eigenvalue weighted by atomic mass is 16.3. The lowest BCUT2D eigenvalue weighted by Gasteiger charge is -2.62. The molecule has 0 radical (unpaired) electrons. The molecule has 0 aliphatic heterocycles. The molecule has 21 heavy (non-hydrogen) atoms. The fourth-order valence-electron chi connectivity index (χ4n) is 7.65. The van der Waals surface area contributed by atoms with Gasteiger partial charge in [0.25, 0.3) is 0 Å². The maximum atomic E-state index is 10.5. The van der Waals surface area contributed by atoms with Gasteiger partial charge in [0, 0.05) is 0 Å². The van der Waals surface area contributed by atoms with Crippen LogP contribution in [-0.2, 0) is 0 Å². The smallest absolute Gasteiger partial charge is 0.0596 e. The second kappa shape index (κ2) is 4.73. The number of rotatable bonds is 0. The van der Waals surface area contributed by atoms with E-state index in [-0.39, 0.29) is 11.5 Å². The molecule has 0 spiro atoms. The van der Waals surface area contributed by atoms with Crippen molar-refractivity contribution >= 4 is 0 Å². The molecule has 4 aliphatic carbocycles. The molecule has 1 N–H and O–H groups in total. The molecule has 0 aromatic carbocycles. The first-order chi connectivity index (χ1) is 9.98. The first kappa shape index (κ1) is 14.5. The summed E-state index contributed by atoms with van der Waals surface area (Å²) in [4.78, 5) is 0. The minimum Gasteiger partial charge on any atom is -0.393 e. The Labute approximate surface area is 130 Å². The molecule has 4 saturated carbocycles. The van der Waals surface area contributed by atoms with Crippen LogP contribution in [0.1, 0.15) is 78.6 Å². The lowest BCUT2D eigenvalue weighted by molar-refractivity contribution is -0.140. The molecule has 0 aromatic rings. The molecule has 0 saturated heterocycles. The Morgan fingerprint density at radius 3 is 2.48 bits per heavy atom. The summed E-state index contributed by atoms with van der Waals surface area (Å²) >= 11 is 0. The van der Waals surface area contributed by atoms with Crippen LogP contribution in [0.25, 0.3) is 0 Å². The Balaban J connectivity index is 1.67. The molecular weight excluding hydrogens is 256 g/mol. The number of hydrogen-bond acceptors (Lipinski definition) is 1. The second-order valence-corrected chi connectivity index (χ2v) is 9.49. The molecule has 4 aliphatic rings. The zero-order valence-corrected chi connectivity index (χ0v) is 14.3. The predicted molar refractivity (Wildman–Crippen MR) is 86.9 cm³/mol. The SMILES string of the molecule is CC1CCCC2CC[C@@H]3[C@H](CC[C@]4(C)C(O)CC[C@@H]34)[C@@]12C. The van der Waals surface area contributed by atoms with Gasteiger partial charge in [-0.3, -0.25) is 0 Å². The van der Waals surface area contributed by atoms with Gasteiger partial charge in [-0.25, -0.2) is 0 Å². The van der Waals surface area contributed by atoms with E-state index in [9.17, 15) is 5.11 Å². The van der Waals surface area contributed by atoms with Crippen LogP contribution in [0.5, 0.6) is 0 Å². The molecule has 0 heterocycles. The Hall–Kier alpha value is -0.0400. The summed E-state index contributed by atoms with van der Waals surface area (Å²) in [5.41, 5.74) is 0.859. The Bertz CT molecular complexity index is 418. The zero-order valence-electron chi connectivity index (χ0n) is 14.3. The third-order valence-electron chi connectivity index (χ3n) is 9.17. The van der Waals surface area contributed by atoms with E-state index in [1.807, 2.05) is 0 Å². The molecular formula is C20H34O. The summed E-state index contributed by atoms with van der Waals surface area (Å²) in [6.45, 7) is 7.61. The largest absolute Gasteiger partial charge is 0.393 e. The van der Waals surface area contributed by atoms with Crippen molar-refractivity contribution in [3.05, 3.63) is 0 Å². The molecule has 8 atom stereocenters. The number of aliphatic hydroxyl groups is 1. The quantitative estimate of drug-likeness (QED) is 0.663. The van der Waals surface area contributed by atoms with Crippen LogP contribution < -0.4 is 0 Å². The van der Waals surface area contributed by atoms with E-state index in [2.05, 4.69) is 20.8 Å². The summed E-state index contributed by atoms with van der Waals surface area (Å²) in [5, 5.41) is 10.5. The van der Waals surface area contributed by atoms with Crippen LogP contribution in [0, 0.1) is 40.4 Å². The van der Waals surface area contributed by atoms with Crippen molar-refractivity contribution in [1.82, 2.24) is 0 Å². The fourth-order valence-corrected chi connectivity index (χ4v) is 7.65. The van der Waals surface area contributed by atoms with Crippen molar-refractivity contribution in [1.29, 1.82) is 0 Å². The van der Waals surface area contributed by atoms with Crippen molar-refractivity contribution in [3.8, 4) is 0 Å². The minimum atomic E-state index is -0.0160. The minimum absolute atomic E-state index is 0.0160. The maximum Gasteiger partial charge on any atom is 0.0596 e. The third kappa shape index (κ3) is 1.79. The molecule has 0 bridgehead atoms. The highest BCUT2D eigenvalue weighted by Crippen LogP contribution is 2.67. The van der Waals surface area contributed by atoms with E-state index < -0.39 is 0 Å². The second-order valence-electron chi connectivity index (χ2n) is 9.49. The lowest BCUT2D eigenvalue weighted by Crippen LogP contribution is -2.55. The van der Waals surface area contributed by atoms with E-state index in [1.165, 1.54) is 51.4 Å². The van der Waals surface area contributed by atoms with Crippen molar-refractivity contribution in [2.75, 3.05) is 0 Å². The van der Waals surface area contributed by atoms with Crippen LogP contribution in [-0.4, -0.2) is 11.2 Å². The standard InChI is InChI=1S/C20H34O/c1-13-5-4-6-14-7-8-15-16-9-10-18(21)19(16,2)12-11-17(15)20(13,14)3/h13-18,21H,4-12H2,1-3H3/t13?,14?,15-,16-,17-,18?,19-,20-/m0/s1. The van der Waals surface area contributed by atoms with Crippen molar-refractivity contribution in [3.63, 3.8) is 0 Å². The van der Waals surface area contributed by atoms with Crippen LogP contribution in [0.2, 0.25) is 0 Å². The molecule has 4 fully saturated rings. The van der Waals surface area contributed by atoms with E-state index in [1.54, 1.807) is 0 Å². The Morgan fingerprint density at radius 2 is 1.67 bits per heavy atom. The van der Waals surface area contributed by atoms with Crippen LogP contribution in [0.4, 0.5) is 0 Å². The maximum absolute atomic E-state index is 10.5. The Morgan fingerprint density at radius 1 is 0.857 bits per heavy atom. The van der Waals surface area contributed by atoms with Gasteiger partial charge in [-0.2, -0.15) is 0 Å². The predicted octanol–water partition coefficient (Wildman–Crippen LogP) is 5.03. The average Bonchev–Trinajstić information content (AvgIpc) is 2.76. The fraction of sp³-hybridized carbons (Fsp3) is 1.00. The van der Waals surface area contributed by atoms with Crippen LogP contribution in [0.15, 0.2) is 0 Å².